The zero-order chi connectivity index (χ0) is 22.8. The second kappa shape index (κ2) is 9.00. The molecular formula is C24H24N4O3S. The van der Waals surface area contributed by atoms with Crippen molar-refractivity contribution in [2.45, 2.75) is 38.8 Å². The number of benzene rings is 2. The van der Waals surface area contributed by atoms with Crippen molar-refractivity contribution < 1.29 is 9.32 Å². The Hall–Kier alpha value is -3.39. The number of rotatable bonds is 6. The van der Waals surface area contributed by atoms with Crippen LogP contribution >= 0.6 is 11.8 Å². The number of carbonyl (C=O) groups excluding carboxylic acids is 1. The number of nitrogens with zero attached hydrogens (tertiary/aromatic N) is 3. The summed E-state index contributed by atoms with van der Waals surface area (Å²) >= 11 is 1.20. The number of para-hydroxylation sites is 1. The highest BCUT2D eigenvalue weighted by atomic mass is 32.2. The molecule has 32 heavy (non-hydrogen) atoms. The molecule has 4 aromatic rings. The molecule has 0 fully saturated rings. The van der Waals surface area contributed by atoms with Gasteiger partial charge in [0.25, 0.3) is 5.56 Å². The van der Waals surface area contributed by atoms with E-state index in [0.29, 0.717) is 21.9 Å². The van der Waals surface area contributed by atoms with E-state index >= 15 is 0 Å². The second-order valence-corrected chi connectivity index (χ2v) is 8.82. The topological polar surface area (TPSA) is 90.0 Å². The Bertz CT molecular complexity index is 1360. The molecule has 4 rings (SSSR count). The molecule has 0 aliphatic rings. The number of amides is 1. The Morgan fingerprint density at radius 3 is 2.69 bits per heavy atom. The van der Waals surface area contributed by atoms with Gasteiger partial charge < -0.3 is 4.52 Å². The van der Waals surface area contributed by atoms with E-state index in [1.165, 1.54) is 11.8 Å². The Morgan fingerprint density at radius 2 is 1.94 bits per heavy atom. The molecule has 8 heteroatoms. The number of aryl methyl sites for hydroxylation is 1. The van der Waals surface area contributed by atoms with Crippen molar-refractivity contribution in [3.8, 4) is 5.69 Å². The number of anilines is 1. The van der Waals surface area contributed by atoms with Gasteiger partial charge in [-0.1, -0.05) is 55.0 Å². The van der Waals surface area contributed by atoms with Crippen molar-refractivity contribution >= 4 is 34.5 Å². The highest BCUT2D eigenvalue weighted by Crippen LogP contribution is 2.25. The fourth-order valence-electron chi connectivity index (χ4n) is 3.32. The molecule has 0 spiro atoms. The molecule has 0 aliphatic heterocycles. The maximum atomic E-state index is 13.4. The van der Waals surface area contributed by atoms with Gasteiger partial charge in [0, 0.05) is 6.07 Å². The molecule has 0 aliphatic carbocycles. The first-order chi connectivity index (χ1) is 15.3. The molecular weight excluding hydrogens is 424 g/mol. The van der Waals surface area contributed by atoms with E-state index in [4.69, 9.17) is 9.51 Å². The number of aromatic nitrogens is 3. The first kappa shape index (κ1) is 21.8. The molecule has 164 valence electrons. The Labute approximate surface area is 189 Å². The number of hydrogen-bond donors (Lipinski definition) is 1. The molecule has 0 saturated carbocycles. The van der Waals surface area contributed by atoms with Crippen LogP contribution in [0, 0.1) is 13.8 Å². The zero-order valence-corrected chi connectivity index (χ0v) is 19.2. The van der Waals surface area contributed by atoms with Gasteiger partial charge in [-0.05, 0) is 49.1 Å². The Balaban J connectivity index is 1.67. The van der Waals surface area contributed by atoms with Crippen LogP contribution in [-0.4, -0.2) is 26.4 Å². The smallest absolute Gasteiger partial charge is 0.266 e. The van der Waals surface area contributed by atoms with Crippen LogP contribution in [0.2, 0.25) is 0 Å². The first-order valence-corrected chi connectivity index (χ1v) is 11.3. The third kappa shape index (κ3) is 4.31. The summed E-state index contributed by atoms with van der Waals surface area (Å²) in [6.45, 7) is 7.97. The molecule has 0 bridgehead atoms. The van der Waals surface area contributed by atoms with Crippen LogP contribution in [0.5, 0.6) is 0 Å². The van der Waals surface area contributed by atoms with Crippen LogP contribution in [0.15, 0.2) is 63.0 Å². The van der Waals surface area contributed by atoms with Crippen LogP contribution in [0.25, 0.3) is 16.6 Å². The molecule has 1 amide bonds. The van der Waals surface area contributed by atoms with Gasteiger partial charge in [-0.2, -0.15) is 0 Å². The fourth-order valence-corrected chi connectivity index (χ4v) is 4.13. The largest absolute Gasteiger partial charge is 0.338 e. The third-order valence-corrected chi connectivity index (χ3v) is 6.22. The number of carbonyl (C=O) groups is 1. The van der Waals surface area contributed by atoms with E-state index in [2.05, 4.69) is 10.5 Å². The van der Waals surface area contributed by atoms with Crippen LogP contribution in [0.1, 0.15) is 36.6 Å². The maximum Gasteiger partial charge on any atom is 0.266 e. The van der Waals surface area contributed by atoms with Crippen molar-refractivity contribution in [1.29, 1.82) is 0 Å². The third-order valence-electron chi connectivity index (χ3n) is 5.28. The summed E-state index contributed by atoms with van der Waals surface area (Å²) in [6.07, 6.45) is 0. The van der Waals surface area contributed by atoms with E-state index in [0.717, 1.165) is 22.5 Å². The van der Waals surface area contributed by atoms with Gasteiger partial charge in [0.05, 0.1) is 28.0 Å². The SMILES string of the molecule is Cc1cccc(-n2c(SCC(=O)Nc3cc(C(C)C)no3)nc3ccccc3c2=O)c1C. The monoisotopic (exact) mass is 448 g/mol. The summed E-state index contributed by atoms with van der Waals surface area (Å²) in [7, 11) is 0. The summed E-state index contributed by atoms with van der Waals surface area (Å²) < 4.78 is 6.78. The predicted molar refractivity (Wildman–Crippen MR) is 127 cm³/mol. The van der Waals surface area contributed by atoms with Crippen LogP contribution in [0.4, 0.5) is 5.88 Å². The van der Waals surface area contributed by atoms with Gasteiger partial charge in [0.2, 0.25) is 11.8 Å². The summed E-state index contributed by atoms with van der Waals surface area (Å²) in [6, 6.07) is 14.8. The van der Waals surface area contributed by atoms with E-state index in [9.17, 15) is 9.59 Å². The lowest BCUT2D eigenvalue weighted by atomic mass is 10.1. The highest BCUT2D eigenvalue weighted by molar-refractivity contribution is 7.99. The van der Waals surface area contributed by atoms with Gasteiger partial charge in [0.15, 0.2) is 5.16 Å². The number of nitrogens with one attached hydrogen (secondary N) is 1. The molecule has 1 N–H and O–H groups in total. The molecule has 0 saturated heterocycles. The molecule has 0 atom stereocenters. The van der Waals surface area contributed by atoms with Gasteiger partial charge >= 0.3 is 0 Å². The average Bonchev–Trinajstić information content (AvgIpc) is 3.24. The number of hydrogen-bond acceptors (Lipinski definition) is 6. The summed E-state index contributed by atoms with van der Waals surface area (Å²) in [5.74, 6) is 0.300. The van der Waals surface area contributed by atoms with Crippen molar-refractivity contribution in [2.24, 2.45) is 0 Å². The van der Waals surface area contributed by atoms with E-state index < -0.39 is 0 Å². The average molecular weight is 449 g/mol. The van der Waals surface area contributed by atoms with Crippen LogP contribution in [-0.2, 0) is 4.79 Å². The Kier molecular flexibility index (Phi) is 6.14. The standard InChI is InChI=1S/C24H24N4O3S/c1-14(2)19-12-22(31-27-19)26-21(29)13-32-24-25-18-10-6-5-9-17(18)23(30)28(24)20-11-7-8-15(3)16(20)4/h5-12,14H,13H2,1-4H3,(H,26,29). The quantitative estimate of drug-likeness (QED) is 0.335. The fraction of sp³-hybridized carbons (Fsp3) is 0.250. The molecule has 7 nitrogen and oxygen atoms in total. The van der Waals surface area contributed by atoms with Crippen LogP contribution < -0.4 is 10.9 Å². The molecule has 0 unspecified atom stereocenters. The van der Waals surface area contributed by atoms with Gasteiger partial charge in [-0.15, -0.1) is 0 Å². The minimum atomic E-state index is -0.267. The van der Waals surface area contributed by atoms with Crippen LogP contribution in [0.3, 0.4) is 0 Å². The lowest BCUT2D eigenvalue weighted by Gasteiger charge is -2.16. The van der Waals surface area contributed by atoms with Gasteiger partial charge in [-0.25, -0.2) is 4.98 Å². The minimum absolute atomic E-state index is 0.0629. The zero-order valence-electron chi connectivity index (χ0n) is 18.4. The van der Waals surface area contributed by atoms with Gasteiger partial charge in [0.1, 0.15) is 0 Å². The molecule has 2 aromatic heterocycles. The van der Waals surface area contributed by atoms with Crippen molar-refractivity contribution in [3.05, 3.63) is 75.7 Å². The second-order valence-electron chi connectivity index (χ2n) is 7.88. The highest BCUT2D eigenvalue weighted by Gasteiger charge is 2.17. The van der Waals surface area contributed by atoms with Gasteiger partial charge in [-0.3, -0.25) is 19.5 Å². The van der Waals surface area contributed by atoms with E-state index in [1.54, 1.807) is 22.8 Å². The first-order valence-electron chi connectivity index (χ1n) is 10.3. The maximum absolute atomic E-state index is 13.4. The lowest BCUT2D eigenvalue weighted by Crippen LogP contribution is -2.23. The normalized spacial score (nSPS) is 11.3. The Morgan fingerprint density at radius 1 is 1.16 bits per heavy atom. The molecule has 0 radical (unpaired) electrons. The molecule has 2 aromatic carbocycles. The lowest BCUT2D eigenvalue weighted by molar-refractivity contribution is -0.113. The summed E-state index contributed by atoms with van der Waals surface area (Å²) in [5, 5.41) is 7.65. The number of fused-ring (bicyclic) bond motifs is 1. The predicted octanol–water partition coefficient (Wildman–Crippen LogP) is 4.84. The van der Waals surface area contributed by atoms with Crippen molar-refractivity contribution in [1.82, 2.24) is 14.7 Å². The molecule has 2 heterocycles. The van der Waals surface area contributed by atoms with E-state index in [1.807, 2.05) is 58.0 Å². The summed E-state index contributed by atoms with van der Waals surface area (Å²) in [4.78, 5) is 30.6. The van der Waals surface area contributed by atoms with Crippen molar-refractivity contribution in [2.75, 3.05) is 11.1 Å². The van der Waals surface area contributed by atoms with E-state index in [-0.39, 0.29) is 23.1 Å². The number of thioether (sulfide) groups is 1. The summed E-state index contributed by atoms with van der Waals surface area (Å²) in [5.41, 5.74) is 4.02. The minimum Gasteiger partial charge on any atom is -0.338 e. The van der Waals surface area contributed by atoms with Crippen molar-refractivity contribution in [3.63, 3.8) is 0 Å².